The Morgan fingerprint density at radius 2 is 2.35 bits per heavy atom. The third kappa shape index (κ3) is 3.28. The van der Waals surface area contributed by atoms with E-state index < -0.39 is 6.04 Å². The van der Waals surface area contributed by atoms with Crippen molar-refractivity contribution in [1.82, 2.24) is 19.8 Å². The number of aromatic nitrogens is 2. The second-order valence-corrected chi connectivity index (χ2v) is 5.63. The summed E-state index contributed by atoms with van der Waals surface area (Å²) < 4.78 is 7.06. The molecule has 0 spiro atoms. The van der Waals surface area contributed by atoms with Crippen LogP contribution >= 0.6 is 0 Å². The van der Waals surface area contributed by atoms with E-state index in [1.807, 2.05) is 11.5 Å². The highest BCUT2D eigenvalue weighted by molar-refractivity contribution is 5.82. The van der Waals surface area contributed by atoms with Crippen molar-refractivity contribution in [2.45, 2.75) is 38.9 Å². The molecule has 122 valence electrons. The topological polar surface area (TPSA) is 80.4 Å². The van der Waals surface area contributed by atoms with Crippen molar-refractivity contribution < 1.29 is 14.0 Å². The van der Waals surface area contributed by atoms with E-state index in [0.717, 1.165) is 12.1 Å². The summed E-state index contributed by atoms with van der Waals surface area (Å²) in [4.78, 5) is 30.6. The van der Waals surface area contributed by atoms with Crippen LogP contribution in [0.4, 0.5) is 0 Å². The molecule has 23 heavy (non-hydrogen) atoms. The molecule has 0 fully saturated rings. The molecule has 3 heterocycles. The lowest BCUT2D eigenvalue weighted by Crippen LogP contribution is -2.46. The minimum Gasteiger partial charge on any atom is -0.467 e. The van der Waals surface area contributed by atoms with Crippen molar-refractivity contribution in [2.24, 2.45) is 0 Å². The average Bonchev–Trinajstić information content (AvgIpc) is 3.22. The first-order valence-corrected chi connectivity index (χ1v) is 7.77. The monoisotopic (exact) mass is 316 g/mol. The van der Waals surface area contributed by atoms with Gasteiger partial charge >= 0.3 is 0 Å². The quantitative estimate of drug-likeness (QED) is 0.906. The first-order chi connectivity index (χ1) is 11.2. The smallest absolute Gasteiger partial charge is 0.245 e. The van der Waals surface area contributed by atoms with E-state index in [-0.39, 0.29) is 11.8 Å². The van der Waals surface area contributed by atoms with Gasteiger partial charge in [-0.05, 0) is 18.6 Å². The Morgan fingerprint density at radius 1 is 1.48 bits per heavy atom. The number of fused-ring (bicyclic) bond motifs is 1. The highest BCUT2D eigenvalue weighted by Crippen LogP contribution is 2.22. The zero-order valence-corrected chi connectivity index (χ0v) is 13.1. The fourth-order valence-electron chi connectivity index (χ4n) is 2.77. The number of nitrogens with one attached hydrogen (secondary N) is 1. The number of amides is 2. The molecule has 2 amide bonds. The number of nitrogens with zero attached hydrogens (tertiary/aromatic N) is 3. The van der Waals surface area contributed by atoms with E-state index in [0.29, 0.717) is 31.8 Å². The lowest BCUT2D eigenvalue weighted by atomic mass is 10.1. The van der Waals surface area contributed by atoms with Crippen LogP contribution in [0.3, 0.4) is 0 Å². The molecular formula is C16H20N4O3. The number of carbonyl (C=O) groups excluding carboxylic acids is 2. The molecule has 1 aliphatic heterocycles. The lowest BCUT2D eigenvalue weighted by Gasteiger charge is -2.33. The van der Waals surface area contributed by atoms with E-state index in [2.05, 4.69) is 10.3 Å². The van der Waals surface area contributed by atoms with Gasteiger partial charge in [0.05, 0.1) is 37.9 Å². The van der Waals surface area contributed by atoms with Crippen LogP contribution in [-0.4, -0.2) is 32.8 Å². The summed E-state index contributed by atoms with van der Waals surface area (Å²) >= 11 is 0. The molecule has 0 saturated carbocycles. The molecular weight excluding hydrogens is 296 g/mol. The van der Waals surface area contributed by atoms with E-state index in [1.54, 1.807) is 35.8 Å². The second kappa shape index (κ2) is 6.68. The van der Waals surface area contributed by atoms with Crippen LogP contribution < -0.4 is 5.32 Å². The van der Waals surface area contributed by atoms with Crippen LogP contribution in [0, 0.1) is 0 Å². The highest BCUT2D eigenvalue weighted by Gasteiger charge is 2.32. The van der Waals surface area contributed by atoms with Crippen LogP contribution in [0.15, 0.2) is 35.3 Å². The summed E-state index contributed by atoms with van der Waals surface area (Å²) in [5.41, 5.74) is 0.874. The molecule has 0 aromatic carbocycles. The Kier molecular flexibility index (Phi) is 4.45. The summed E-state index contributed by atoms with van der Waals surface area (Å²) in [6.07, 6.45) is 6.21. The van der Waals surface area contributed by atoms with Crippen LogP contribution in [0.5, 0.6) is 0 Å². The number of imidazole rings is 1. The summed E-state index contributed by atoms with van der Waals surface area (Å²) in [6.45, 7) is 3.17. The van der Waals surface area contributed by atoms with Crippen LogP contribution in [-0.2, 0) is 22.7 Å². The molecule has 0 bridgehead atoms. The SMILES string of the molecule is CCCC(=O)N1Cc2cncn2[C@@H](C(=O)NCc2ccco2)C1. The molecule has 7 nitrogen and oxygen atoms in total. The molecule has 1 atom stereocenters. The van der Waals surface area contributed by atoms with Crippen molar-refractivity contribution in [2.75, 3.05) is 6.54 Å². The Bertz CT molecular complexity index is 677. The van der Waals surface area contributed by atoms with Gasteiger partial charge in [0.1, 0.15) is 11.8 Å². The normalized spacial score (nSPS) is 16.9. The average molecular weight is 316 g/mol. The summed E-state index contributed by atoms with van der Waals surface area (Å²) in [7, 11) is 0. The van der Waals surface area contributed by atoms with Gasteiger partial charge < -0.3 is 19.2 Å². The standard InChI is InChI=1S/C16H20N4O3/c1-2-4-15(21)19-9-12-7-17-11-20(12)14(10-19)16(22)18-8-13-5-3-6-23-13/h3,5-7,11,14H,2,4,8-10H2,1H3,(H,18,22)/t14-/m1/s1. The van der Waals surface area contributed by atoms with Gasteiger partial charge in [0.15, 0.2) is 0 Å². The maximum atomic E-state index is 12.5. The van der Waals surface area contributed by atoms with E-state index in [9.17, 15) is 9.59 Å². The number of hydrogen-bond donors (Lipinski definition) is 1. The number of hydrogen-bond acceptors (Lipinski definition) is 4. The maximum absolute atomic E-state index is 12.5. The third-order valence-corrected chi connectivity index (χ3v) is 3.96. The van der Waals surface area contributed by atoms with Crippen molar-refractivity contribution in [3.05, 3.63) is 42.4 Å². The first-order valence-electron chi connectivity index (χ1n) is 7.77. The Morgan fingerprint density at radius 3 is 3.09 bits per heavy atom. The minimum absolute atomic E-state index is 0.0729. The van der Waals surface area contributed by atoms with Gasteiger partial charge in [0.2, 0.25) is 11.8 Å². The van der Waals surface area contributed by atoms with Gasteiger partial charge in [-0.3, -0.25) is 9.59 Å². The number of carbonyl (C=O) groups is 2. The van der Waals surface area contributed by atoms with Crippen molar-refractivity contribution >= 4 is 11.8 Å². The van der Waals surface area contributed by atoms with Crippen molar-refractivity contribution in [1.29, 1.82) is 0 Å². The predicted octanol–water partition coefficient (Wildman–Crippen LogP) is 1.48. The Hall–Kier alpha value is -2.57. The zero-order valence-electron chi connectivity index (χ0n) is 13.1. The number of rotatable bonds is 5. The third-order valence-electron chi connectivity index (χ3n) is 3.96. The Labute approximate surface area is 134 Å². The zero-order chi connectivity index (χ0) is 16.2. The van der Waals surface area contributed by atoms with E-state index in [1.165, 1.54) is 0 Å². The molecule has 2 aromatic heterocycles. The molecule has 0 saturated heterocycles. The second-order valence-electron chi connectivity index (χ2n) is 5.63. The van der Waals surface area contributed by atoms with Crippen LogP contribution in [0.1, 0.15) is 37.3 Å². The molecule has 0 unspecified atom stereocenters. The van der Waals surface area contributed by atoms with Gasteiger partial charge in [0, 0.05) is 12.6 Å². The fraction of sp³-hybridized carbons (Fsp3) is 0.438. The van der Waals surface area contributed by atoms with Gasteiger partial charge in [-0.2, -0.15) is 0 Å². The van der Waals surface area contributed by atoms with Gasteiger partial charge in [-0.15, -0.1) is 0 Å². The maximum Gasteiger partial charge on any atom is 0.245 e. The summed E-state index contributed by atoms with van der Waals surface area (Å²) in [5, 5.41) is 2.86. The van der Waals surface area contributed by atoms with E-state index in [4.69, 9.17) is 4.42 Å². The molecule has 0 radical (unpaired) electrons. The van der Waals surface area contributed by atoms with Gasteiger partial charge in [0.25, 0.3) is 0 Å². The molecule has 2 aromatic rings. The minimum atomic E-state index is -0.461. The first kappa shape index (κ1) is 15.3. The molecule has 1 N–H and O–H groups in total. The van der Waals surface area contributed by atoms with Gasteiger partial charge in [-0.1, -0.05) is 6.92 Å². The predicted molar refractivity (Wildman–Crippen MR) is 82.1 cm³/mol. The Balaban J connectivity index is 1.72. The number of furan rings is 1. The summed E-state index contributed by atoms with van der Waals surface area (Å²) in [5.74, 6) is 0.623. The lowest BCUT2D eigenvalue weighted by molar-refractivity contribution is -0.135. The van der Waals surface area contributed by atoms with Crippen molar-refractivity contribution in [3.8, 4) is 0 Å². The molecule has 3 rings (SSSR count). The molecule has 1 aliphatic rings. The van der Waals surface area contributed by atoms with Crippen LogP contribution in [0.2, 0.25) is 0 Å². The fourth-order valence-corrected chi connectivity index (χ4v) is 2.77. The van der Waals surface area contributed by atoms with E-state index >= 15 is 0 Å². The molecule has 7 heteroatoms. The molecule has 0 aliphatic carbocycles. The van der Waals surface area contributed by atoms with Gasteiger partial charge in [-0.25, -0.2) is 4.98 Å². The summed E-state index contributed by atoms with van der Waals surface area (Å²) in [6, 6.07) is 3.12. The largest absolute Gasteiger partial charge is 0.467 e. The highest BCUT2D eigenvalue weighted by atomic mass is 16.3. The van der Waals surface area contributed by atoms with Crippen LogP contribution in [0.25, 0.3) is 0 Å². The van der Waals surface area contributed by atoms with Crippen molar-refractivity contribution in [3.63, 3.8) is 0 Å².